The van der Waals surface area contributed by atoms with Crippen LogP contribution in [0.2, 0.25) is 0 Å². The summed E-state index contributed by atoms with van der Waals surface area (Å²) in [5, 5.41) is 2.84. The van der Waals surface area contributed by atoms with Gasteiger partial charge in [-0.25, -0.2) is 0 Å². The maximum atomic E-state index is 12.7. The van der Waals surface area contributed by atoms with E-state index in [2.05, 4.69) is 22.3 Å². The third-order valence-corrected chi connectivity index (χ3v) is 5.07. The van der Waals surface area contributed by atoms with Crippen molar-refractivity contribution in [3.05, 3.63) is 54.1 Å². The van der Waals surface area contributed by atoms with Gasteiger partial charge in [-0.1, -0.05) is 24.3 Å². The van der Waals surface area contributed by atoms with Crippen molar-refractivity contribution in [3.8, 4) is 5.75 Å². The van der Waals surface area contributed by atoms with Crippen molar-refractivity contribution in [2.24, 2.45) is 0 Å². The van der Waals surface area contributed by atoms with Gasteiger partial charge >= 0.3 is 0 Å². The van der Waals surface area contributed by atoms with E-state index in [0.29, 0.717) is 24.5 Å². The zero-order valence-corrected chi connectivity index (χ0v) is 15.4. The van der Waals surface area contributed by atoms with Crippen LogP contribution in [0.15, 0.2) is 48.5 Å². The third-order valence-electron chi connectivity index (χ3n) is 5.07. The van der Waals surface area contributed by atoms with E-state index in [1.54, 1.807) is 0 Å². The van der Waals surface area contributed by atoms with Gasteiger partial charge < -0.3 is 19.9 Å². The number of hydrogen-bond acceptors (Lipinski definition) is 4. The van der Waals surface area contributed by atoms with Gasteiger partial charge in [-0.3, -0.25) is 9.59 Å². The largest absolute Gasteiger partial charge is 0.478 e. The Labute approximate surface area is 158 Å². The average Bonchev–Trinajstić information content (AvgIpc) is 2.69. The van der Waals surface area contributed by atoms with E-state index in [4.69, 9.17) is 4.74 Å². The van der Waals surface area contributed by atoms with Gasteiger partial charge in [0.25, 0.3) is 5.91 Å². The van der Waals surface area contributed by atoms with Gasteiger partial charge in [0.15, 0.2) is 6.10 Å². The summed E-state index contributed by atoms with van der Waals surface area (Å²) in [7, 11) is 0. The maximum absolute atomic E-state index is 12.7. The number of rotatable bonds is 3. The van der Waals surface area contributed by atoms with Crippen LogP contribution in [0, 0.1) is 6.92 Å². The van der Waals surface area contributed by atoms with Gasteiger partial charge in [0.05, 0.1) is 12.1 Å². The SMILES string of the molecule is Cc1ccc2c(c1)NC(=O)C(CC(=O)N1CCN(c3ccccc3)CC1)O2. The Morgan fingerprint density at radius 1 is 1.11 bits per heavy atom. The first kappa shape index (κ1) is 17.4. The first-order valence-corrected chi connectivity index (χ1v) is 9.26. The number of para-hydroxylation sites is 1. The number of fused-ring (bicyclic) bond motifs is 1. The molecule has 1 saturated heterocycles. The van der Waals surface area contributed by atoms with E-state index in [1.807, 2.05) is 48.2 Å². The Hall–Kier alpha value is -3.02. The van der Waals surface area contributed by atoms with E-state index < -0.39 is 6.10 Å². The van der Waals surface area contributed by atoms with E-state index >= 15 is 0 Å². The number of benzene rings is 2. The summed E-state index contributed by atoms with van der Waals surface area (Å²) in [4.78, 5) is 29.1. The summed E-state index contributed by atoms with van der Waals surface area (Å²) in [6.45, 7) is 4.83. The van der Waals surface area contributed by atoms with Crippen LogP contribution in [0.5, 0.6) is 5.75 Å². The standard InChI is InChI=1S/C21H23N3O3/c1-15-7-8-18-17(13-15)22-21(26)19(27-18)14-20(25)24-11-9-23(10-12-24)16-5-3-2-4-6-16/h2-8,13,19H,9-12,14H2,1H3,(H,22,26). The third kappa shape index (κ3) is 3.74. The zero-order chi connectivity index (χ0) is 18.8. The Kier molecular flexibility index (Phi) is 4.71. The molecule has 0 aromatic heterocycles. The van der Waals surface area contributed by atoms with Crippen molar-refractivity contribution >= 4 is 23.2 Å². The van der Waals surface area contributed by atoms with Gasteiger partial charge in [0, 0.05) is 31.9 Å². The summed E-state index contributed by atoms with van der Waals surface area (Å²) in [6.07, 6.45) is -0.718. The molecule has 1 N–H and O–H groups in total. The molecule has 1 atom stereocenters. The van der Waals surface area contributed by atoms with Gasteiger partial charge in [-0.05, 0) is 36.8 Å². The first-order valence-electron chi connectivity index (χ1n) is 9.26. The fourth-order valence-electron chi connectivity index (χ4n) is 3.54. The van der Waals surface area contributed by atoms with Crippen molar-refractivity contribution in [2.75, 3.05) is 36.4 Å². The first-order chi connectivity index (χ1) is 13.1. The number of carbonyl (C=O) groups excluding carboxylic acids is 2. The van der Waals surface area contributed by atoms with Crippen LogP contribution in [0.1, 0.15) is 12.0 Å². The molecule has 0 saturated carbocycles. The number of carbonyl (C=O) groups is 2. The number of hydrogen-bond donors (Lipinski definition) is 1. The Morgan fingerprint density at radius 3 is 2.59 bits per heavy atom. The quantitative estimate of drug-likeness (QED) is 0.908. The monoisotopic (exact) mass is 365 g/mol. The second kappa shape index (κ2) is 7.31. The van der Waals surface area contributed by atoms with Crippen LogP contribution in [-0.2, 0) is 9.59 Å². The molecule has 1 unspecified atom stereocenters. The number of aryl methyl sites for hydroxylation is 1. The normalized spacial score (nSPS) is 19.1. The minimum Gasteiger partial charge on any atom is -0.478 e. The fraction of sp³-hybridized carbons (Fsp3) is 0.333. The van der Waals surface area contributed by atoms with Crippen LogP contribution in [0.3, 0.4) is 0 Å². The van der Waals surface area contributed by atoms with Crippen LogP contribution < -0.4 is 15.0 Å². The summed E-state index contributed by atoms with van der Waals surface area (Å²) < 4.78 is 5.78. The number of piperazine rings is 1. The Bertz CT molecular complexity index is 845. The minimum atomic E-state index is -0.778. The Morgan fingerprint density at radius 2 is 1.85 bits per heavy atom. The van der Waals surface area contributed by atoms with Gasteiger partial charge in [-0.2, -0.15) is 0 Å². The van der Waals surface area contributed by atoms with Crippen LogP contribution in [0.4, 0.5) is 11.4 Å². The Balaban J connectivity index is 1.35. The molecule has 2 aromatic carbocycles. The maximum Gasteiger partial charge on any atom is 0.266 e. The highest BCUT2D eigenvalue weighted by Crippen LogP contribution is 2.31. The molecule has 2 aliphatic rings. The van der Waals surface area contributed by atoms with Crippen molar-refractivity contribution < 1.29 is 14.3 Å². The molecule has 0 bridgehead atoms. The number of amides is 2. The molecule has 6 nitrogen and oxygen atoms in total. The summed E-state index contributed by atoms with van der Waals surface area (Å²) in [5.74, 6) is 0.315. The lowest BCUT2D eigenvalue weighted by atomic mass is 10.1. The van der Waals surface area contributed by atoms with Gasteiger partial charge in [0.1, 0.15) is 5.75 Å². The predicted octanol–water partition coefficient (Wildman–Crippen LogP) is 2.43. The highest BCUT2D eigenvalue weighted by molar-refractivity contribution is 6.00. The number of anilines is 2. The van der Waals surface area contributed by atoms with Crippen LogP contribution in [0.25, 0.3) is 0 Å². The molecular weight excluding hydrogens is 342 g/mol. The number of ether oxygens (including phenoxy) is 1. The van der Waals surface area contributed by atoms with E-state index in [0.717, 1.165) is 18.7 Å². The molecule has 2 heterocycles. The zero-order valence-electron chi connectivity index (χ0n) is 15.4. The molecule has 0 aliphatic carbocycles. The number of nitrogens with zero attached hydrogens (tertiary/aromatic N) is 2. The van der Waals surface area contributed by atoms with E-state index in [1.165, 1.54) is 5.69 Å². The molecule has 2 amide bonds. The molecular formula is C21H23N3O3. The number of nitrogens with one attached hydrogen (secondary N) is 1. The summed E-state index contributed by atoms with van der Waals surface area (Å²) in [6, 6.07) is 15.8. The molecule has 27 heavy (non-hydrogen) atoms. The topological polar surface area (TPSA) is 61.9 Å². The minimum absolute atomic E-state index is 0.0431. The molecule has 0 radical (unpaired) electrons. The second-order valence-corrected chi connectivity index (χ2v) is 7.00. The molecule has 4 rings (SSSR count). The second-order valence-electron chi connectivity index (χ2n) is 7.00. The molecule has 6 heteroatoms. The molecule has 1 fully saturated rings. The lowest BCUT2D eigenvalue weighted by Crippen LogP contribution is -2.50. The molecule has 2 aliphatic heterocycles. The highest BCUT2D eigenvalue weighted by Gasteiger charge is 2.32. The highest BCUT2D eigenvalue weighted by atomic mass is 16.5. The molecule has 0 spiro atoms. The van der Waals surface area contributed by atoms with E-state index in [-0.39, 0.29) is 18.2 Å². The molecule has 140 valence electrons. The predicted molar refractivity (Wildman–Crippen MR) is 104 cm³/mol. The lowest BCUT2D eigenvalue weighted by Gasteiger charge is -2.37. The summed E-state index contributed by atoms with van der Waals surface area (Å²) >= 11 is 0. The van der Waals surface area contributed by atoms with Crippen LogP contribution in [-0.4, -0.2) is 49.0 Å². The molecule has 2 aromatic rings. The van der Waals surface area contributed by atoms with Crippen molar-refractivity contribution in [1.29, 1.82) is 0 Å². The average molecular weight is 365 g/mol. The fourth-order valence-corrected chi connectivity index (χ4v) is 3.54. The van der Waals surface area contributed by atoms with Gasteiger partial charge in [-0.15, -0.1) is 0 Å². The van der Waals surface area contributed by atoms with Crippen molar-refractivity contribution in [1.82, 2.24) is 4.90 Å². The summed E-state index contributed by atoms with van der Waals surface area (Å²) in [5.41, 5.74) is 2.88. The van der Waals surface area contributed by atoms with Crippen molar-refractivity contribution in [3.63, 3.8) is 0 Å². The van der Waals surface area contributed by atoms with E-state index in [9.17, 15) is 9.59 Å². The smallest absolute Gasteiger partial charge is 0.266 e. The lowest BCUT2D eigenvalue weighted by molar-refractivity contribution is -0.137. The van der Waals surface area contributed by atoms with Crippen LogP contribution >= 0.6 is 0 Å². The van der Waals surface area contributed by atoms with Crippen molar-refractivity contribution in [2.45, 2.75) is 19.4 Å². The van der Waals surface area contributed by atoms with Gasteiger partial charge in [0.2, 0.25) is 5.91 Å².